The molecule has 3 N–H and O–H groups in total. The first-order valence-corrected chi connectivity index (χ1v) is 24.5. The zero-order valence-electron chi connectivity index (χ0n) is 39.1. The summed E-state index contributed by atoms with van der Waals surface area (Å²) in [6.45, 7) is 4.14. The number of carbonyl (C=O) groups excluding carboxylic acids is 1. The molecule has 0 aromatic rings. The van der Waals surface area contributed by atoms with E-state index in [0.29, 0.717) is 6.42 Å². The van der Waals surface area contributed by atoms with Gasteiger partial charge in [0.2, 0.25) is 5.91 Å². The lowest BCUT2D eigenvalue weighted by molar-refractivity contribution is -0.123. The van der Waals surface area contributed by atoms with E-state index in [1.165, 1.54) is 64.2 Å². The van der Waals surface area contributed by atoms with Gasteiger partial charge in [-0.1, -0.05) is 217 Å². The summed E-state index contributed by atoms with van der Waals surface area (Å²) in [5.41, 5.74) is 0. The first kappa shape index (κ1) is 57.3. The van der Waals surface area contributed by atoms with Crippen LogP contribution >= 0.6 is 0 Å². The molecule has 342 valence electrons. The van der Waals surface area contributed by atoms with Gasteiger partial charge in [0, 0.05) is 6.42 Å². The molecule has 0 bridgehead atoms. The number of carbonyl (C=O) groups is 1. The number of allylic oxidation sites excluding steroid dienone is 23. The van der Waals surface area contributed by atoms with E-state index in [1.54, 1.807) is 6.08 Å². The molecular weight excluding hydrogens is 747 g/mol. The standard InChI is InChI=1S/C57H91NO3/c1-3-5-7-9-11-13-15-17-19-21-22-23-24-25-26-27-28-29-30-31-32-33-34-35-36-37-39-41-43-45-47-49-51-53-57(61)58-55(54-59)56(60)52-50-48-46-44-42-40-38-20-18-16-14-12-10-8-6-4-2/h5,7,11,13,17,19,22-23,25-26,28-29,31-32,34-35,37,39,42-45,50,52,55-56,59-60H,3-4,6,8-10,12,14-16,18,20-21,24,27,30,33,36,38,40-41,46-49,51,53-54H2,1-2H3,(H,58,61)/b7-5-,13-11-,19-17-,23-22-,26-25-,29-28-,32-31-,35-34-,39-37-,44-42+,45-43-,52-50+. The molecule has 1 amide bonds. The molecule has 2 atom stereocenters. The minimum Gasteiger partial charge on any atom is -0.394 e. The lowest BCUT2D eigenvalue weighted by Gasteiger charge is -2.19. The molecule has 0 spiro atoms. The first-order valence-electron chi connectivity index (χ1n) is 24.5. The Morgan fingerprint density at radius 1 is 0.410 bits per heavy atom. The van der Waals surface area contributed by atoms with Crippen LogP contribution in [0, 0.1) is 0 Å². The van der Waals surface area contributed by atoms with Gasteiger partial charge in [0.25, 0.3) is 0 Å². The molecule has 0 radical (unpaired) electrons. The molecule has 0 aromatic heterocycles. The normalized spacial score (nSPS) is 14.2. The largest absolute Gasteiger partial charge is 0.394 e. The van der Waals surface area contributed by atoms with E-state index in [2.05, 4.69) is 153 Å². The number of unbranched alkanes of at least 4 members (excludes halogenated alkanes) is 13. The van der Waals surface area contributed by atoms with Crippen molar-refractivity contribution in [1.82, 2.24) is 5.32 Å². The molecule has 0 aliphatic heterocycles. The Morgan fingerprint density at radius 2 is 0.738 bits per heavy atom. The fourth-order valence-electron chi connectivity index (χ4n) is 6.34. The number of amides is 1. The summed E-state index contributed by atoms with van der Waals surface area (Å²) >= 11 is 0. The minimum atomic E-state index is -0.891. The summed E-state index contributed by atoms with van der Waals surface area (Å²) in [7, 11) is 0. The Bertz CT molecular complexity index is 1320. The summed E-state index contributed by atoms with van der Waals surface area (Å²) in [5, 5.41) is 23.0. The van der Waals surface area contributed by atoms with E-state index in [1.807, 2.05) is 6.08 Å². The van der Waals surface area contributed by atoms with E-state index in [9.17, 15) is 15.0 Å². The zero-order valence-corrected chi connectivity index (χ0v) is 39.1. The highest BCUT2D eigenvalue weighted by molar-refractivity contribution is 5.76. The first-order chi connectivity index (χ1) is 30.2. The summed E-state index contributed by atoms with van der Waals surface area (Å²) in [5.74, 6) is -0.123. The highest BCUT2D eigenvalue weighted by Gasteiger charge is 2.17. The van der Waals surface area contributed by atoms with E-state index in [-0.39, 0.29) is 12.5 Å². The van der Waals surface area contributed by atoms with Gasteiger partial charge >= 0.3 is 0 Å². The summed E-state index contributed by atoms with van der Waals surface area (Å²) in [6.07, 6.45) is 81.1. The number of hydrogen-bond donors (Lipinski definition) is 3. The van der Waals surface area contributed by atoms with Crippen molar-refractivity contribution in [1.29, 1.82) is 0 Å². The van der Waals surface area contributed by atoms with Crippen molar-refractivity contribution in [3.05, 3.63) is 146 Å². The second-order valence-corrected chi connectivity index (χ2v) is 15.8. The molecule has 61 heavy (non-hydrogen) atoms. The number of hydrogen-bond acceptors (Lipinski definition) is 3. The van der Waals surface area contributed by atoms with Crippen LogP contribution in [0.4, 0.5) is 0 Å². The van der Waals surface area contributed by atoms with Crippen LogP contribution in [0.25, 0.3) is 0 Å². The SMILES string of the molecule is CC/C=C\C/C=C\C/C=C\C/C=C\C/C=C\C/C=C\C/C=C\C/C=C\C/C=C\C/C=C\CCCCC(=O)NC(CO)C(O)/C=C/CC/C=C/CCCCCCCCCCCC. The fourth-order valence-corrected chi connectivity index (χ4v) is 6.34. The third-order valence-electron chi connectivity index (χ3n) is 10.1. The van der Waals surface area contributed by atoms with E-state index >= 15 is 0 Å². The predicted molar refractivity (Wildman–Crippen MR) is 271 cm³/mol. The van der Waals surface area contributed by atoms with Crippen LogP contribution < -0.4 is 5.32 Å². The van der Waals surface area contributed by atoms with Crippen molar-refractivity contribution in [3.63, 3.8) is 0 Å². The lowest BCUT2D eigenvalue weighted by Crippen LogP contribution is -2.45. The van der Waals surface area contributed by atoms with Crippen LogP contribution in [0.5, 0.6) is 0 Å². The summed E-state index contributed by atoms with van der Waals surface area (Å²) in [6, 6.07) is -0.673. The van der Waals surface area contributed by atoms with Crippen molar-refractivity contribution in [2.45, 2.75) is 199 Å². The van der Waals surface area contributed by atoms with Crippen LogP contribution in [-0.2, 0) is 4.79 Å². The Balaban J connectivity index is 3.79. The van der Waals surface area contributed by atoms with E-state index < -0.39 is 12.1 Å². The third-order valence-corrected chi connectivity index (χ3v) is 10.1. The van der Waals surface area contributed by atoms with E-state index in [0.717, 1.165) is 103 Å². The van der Waals surface area contributed by atoms with Crippen LogP contribution in [0.2, 0.25) is 0 Å². The predicted octanol–water partition coefficient (Wildman–Crippen LogP) is 16.1. The van der Waals surface area contributed by atoms with Gasteiger partial charge in [0.1, 0.15) is 0 Å². The molecule has 0 saturated heterocycles. The average Bonchev–Trinajstić information content (AvgIpc) is 3.26. The molecule has 0 heterocycles. The number of rotatable bonds is 42. The Kier molecular flexibility index (Phi) is 47.5. The average molecular weight is 838 g/mol. The Morgan fingerprint density at radius 3 is 1.15 bits per heavy atom. The van der Waals surface area contributed by atoms with Gasteiger partial charge in [-0.2, -0.15) is 0 Å². The molecule has 0 saturated carbocycles. The quantitative estimate of drug-likeness (QED) is 0.0424. The van der Waals surface area contributed by atoms with Crippen molar-refractivity contribution in [2.24, 2.45) is 0 Å². The van der Waals surface area contributed by atoms with Gasteiger partial charge in [0.05, 0.1) is 18.8 Å². The minimum absolute atomic E-state index is 0.123. The van der Waals surface area contributed by atoms with Gasteiger partial charge in [-0.05, 0) is 109 Å². The summed E-state index contributed by atoms with van der Waals surface area (Å²) in [4.78, 5) is 12.4. The van der Waals surface area contributed by atoms with E-state index in [4.69, 9.17) is 0 Å². The molecule has 0 aromatic carbocycles. The van der Waals surface area contributed by atoms with Crippen LogP contribution in [0.15, 0.2) is 146 Å². The lowest BCUT2D eigenvalue weighted by atomic mass is 10.1. The van der Waals surface area contributed by atoms with Crippen molar-refractivity contribution in [3.8, 4) is 0 Å². The van der Waals surface area contributed by atoms with Crippen LogP contribution in [-0.4, -0.2) is 34.9 Å². The van der Waals surface area contributed by atoms with Crippen molar-refractivity contribution < 1.29 is 15.0 Å². The number of aliphatic hydroxyl groups excluding tert-OH is 2. The molecule has 2 unspecified atom stereocenters. The van der Waals surface area contributed by atoms with Crippen molar-refractivity contribution in [2.75, 3.05) is 6.61 Å². The zero-order chi connectivity index (χ0) is 44.2. The second-order valence-electron chi connectivity index (χ2n) is 15.8. The van der Waals surface area contributed by atoms with Gasteiger partial charge < -0.3 is 15.5 Å². The molecule has 4 heteroatoms. The Labute approximate surface area is 376 Å². The topological polar surface area (TPSA) is 69.6 Å². The van der Waals surface area contributed by atoms with Gasteiger partial charge in [-0.15, -0.1) is 0 Å². The Hall–Kier alpha value is -3.73. The number of nitrogens with one attached hydrogen (secondary N) is 1. The maximum atomic E-state index is 12.4. The highest BCUT2D eigenvalue weighted by atomic mass is 16.3. The maximum absolute atomic E-state index is 12.4. The third kappa shape index (κ3) is 47.2. The van der Waals surface area contributed by atoms with Gasteiger partial charge in [-0.3, -0.25) is 4.79 Å². The summed E-state index contributed by atoms with van der Waals surface area (Å²) < 4.78 is 0. The van der Waals surface area contributed by atoms with Crippen molar-refractivity contribution >= 4 is 5.91 Å². The molecule has 0 aliphatic carbocycles. The molecule has 0 aliphatic rings. The smallest absolute Gasteiger partial charge is 0.220 e. The monoisotopic (exact) mass is 838 g/mol. The highest BCUT2D eigenvalue weighted by Crippen LogP contribution is 2.12. The van der Waals surface area contributed by atoms with Gasteiger partial charge in [-0.25, -0.2) is 0 Å². The molecule has 4 nitrogen and oxygen atoms in total. The fraction of sp³-hybridized carbons (Fsp3) is 0.561. The molecular formula is C57H91NO3. The number of aliphatic hydroxyl groups is 2. The molecule has 0 fully saturated rings. The second kappa shape index (κ2) is 50.6. The van der Waals surface area contributed by atoms with Crippen LogP contribution in [0.3, 0.4) is 0 Å². The molecule has 0 rings (SSSR count). The van der Waals surface area contributed by atoms with Crippen LogP contribution in [0.1, 0.15) is 187 Å². The van der Waals surface area contributed by atoms with Gasteiger partial charge in [0.15, 0.2) is 0 Å². The maximum Gasteiger partial charge on any atom is 0.220 e.